The molecule has 1 aromatic carbocycles. The lowest BCUT2D eigenvalue weighted by Gasteiger charge is -2.28. The van der Waals surface area contributed by atoms with E-state index in [0.717, 1.165) is 29.2 Å². The summed E-state index contributed by atoms with van der Waals surface area (Å²) in [5, 5.41) is 12.1. The first-order chi connectivity index (χ1) is 8.97. The lowest BCUT2D eigenvalue weighted by Crippen LogP contribution is -2.34. The maximum Gasteiger partial charge on any atom is 0.129 e. The summed E-state index contributed by atoms with van der Waals surface area (Å²) in [6, 6.07) is 4.02. The minimum atomic E-state index is -0.0858. The molecule has 0 saturated heterocycles. The standard InChI is InChI=1S/C15H25NO3/c1-11-13(18-4)7-6-12(14(11)19-5)15(2,3)10-16-8-9-17/h6-7,16-17H,8-10H2,1-5H3. The molecule has 0 amide bonds. The van der Waals surface area contributed by atoms with Gasteiger partial charge in [-0.05, 0) is 13.0 Å². The molecule has 0 aliphatic rings. The summed E-state index contributed by atoms with van der Waals surface area (Å²) in [6.45, 7) is 7.83. The largest absolute Gasteiger partial charge is 0.496 e. The fourth-order valence-electron chi connectivity index (χ4n) is 2.27. The number of aliphatic hydroxyl groups excluding tert-OH is 1. The Balaban J connectivity index is 3.08. The second-order valence-electron chi connectivity index (χ2n) is 5.26. The van der Waals surface area contributed by atoms with Crippen LogP contribution >= 0.6 is 0 Å². The summed E-state index contributed by atoms with van der Waals surface area (Å²) in [4.78, 5) is 0. The van der Waals surface area contributed by atoms with Crippen molar-refractivity contribution >= 4 is 0 Å². The summed E-state index contributed by atoms with van der Waals surface area (Å²) in [7, 11) is 3.35. The summed E-state index contributed by atoms with van der Waals surface area (Å²) in [5.74, 6) is 1.70. The summed E-state index contributed by atoms with van der Waals surface area (Å²) < 4.78 is 10.9. The fraction of sp³-hybridized carbons (Fsp3) is 0.600. The minimum Gasteiger partial charge on any atom is -0.496 e. The maximum atomic E-state index is 8.84. The van der Waals surface area contributed by atoms with Crippen LogP contribution in [0.15, 0.2) is 12.1 Å². The van der Waals surface area contributed by atoms with Gasteiger partial charge in [-0.1, -0.05) is 19.9 Å². The van der Waals surface area contributed by atoms with Gasteiger partial charge in [0.1, 0.15) is 11.5 Å². The van der Waals surface area contributed by atoms with Crippen molar-refractivity contribution in [3.63, 3.8) is 0 Å². The Hall–Kier alpha value is -1.26. The van der Waals surface area contributed by atoms with Crippen LogP contribution in [0.25, 0.3) is 0 Å². The Kier molecular flexibility index (Phi) is 5.63. The molecule has 4 nitrogen and oxygen atoms in total. The molecule has 0 saturated carbocycles. The summed E-state index contributed by atoms with van der Waals surface area (Å²) >= 11 is 0. The SMILES string of the molecule is COc1ccc(C(C)(C)CNCCO)c(OC)c1C. The first kappa shape index (κ1) is 15.8. The highest BCUT2D eigenvalue weighted by atomic mass is 16.5. The molecule has 0 spiro atoms. The number of methoxy groups -OCH3 is 2. The molecule has 1 rings (SSSR count). The van der Waals surface area contributed by atoms with Crippen LogP contribution in [-0.4, -0.2) is 39.0 Å². The van der Waals surface area contributed by atoms with Crippen molar-refractivity contribution in [3.8, 4) is 11.5 Å². The molecular weight excluding hydrogens is 242 g/mol. The second-order valence-corrected chi connectivity index (χ2v) is 5.26. The van der Waals surface area contributed by atoms with Gasteiger partial charge in [-0.15, -0.1) is 0 Å². The second kappa shape index (κ2) is 6.78. The van der Waals surface area contributed by atoms with E-state index in [4.69, 9.17) is 14.6 Å². The predicted molar refractivity (Wildman–Crippen MR) is 77.3 cm³/mol. The van der Waals surface area contributed by atoms with Gasteiger partial charge in [0.15, 0.2) is 0 Å². The number of hydrogen-bond acceptors (Lipinski definition) is 4. The van der Waals surface area contributed by atoms with Crippen LogP contribution in [0.2, 0.25) is 0 Å². The van der Waals surface area contributed by atoms with E-state index in [2.05, 4.69) is 19.2 Å². The van der Waals surface area contributed by atoms with Gasteiger partial charge in [0, 0.05) is 29.6 Å². The highest BCUT2D eigenvalue weighted by molar-refractivity contribution is 5.52. The zero-order valence-corrected chi connectivity index (χ0v) is 12.5. The van der Waals surface area contributed by atoms with Crippen molar-refractivity contribution in [1.29, 1.82) is 0 Å². The fourth-order valence-corrected chi connectivity index (χ4v) is 2.27. The average molecular weight is 267 g/mol. The zero-order valence-electron chi connectivity index (χ0n) is 12.5. The predicted octanol–water partition coefficient (Wildman–Crippen LogP) is 1.87. The van der Waals surface area contributed by atoms with E-state index < -0.39 is 0 Å². The van der Waals surface area contributed by atoms with Crippen molar-refractivity contribution in [1.82, 2.24) is 5.32 Å². The van der Waals surface area contributed by atoms with Gasteiger partial charge in [-0.3, -0.25) is 0 Å². The molecule has 0 aliphatic carbocycles. The van der Waals surface area contributed by atoms with E-state index in [9.17, 15) is 0 Å². The molecule has 0 bridgehead atoms. The molecule has 0 radical (unpaired) electrons. The monoisotopic (exact) mass is 267 g/mol. The normalized spacial score (nSPS) is 11.5. The van der Waals surface area contributed by atoms with E-state index in [1.54, 1.807) is 14.2 Å². The third-order valence-corrected chi connectivity index (χ3v) is 3.36. The summed E-state index contributed by atoms with van der Waals surface area (Å²) in [5.41, 5.74) is 2.06. The number of aliphatic hydroxyl groups is 1. The van der Waals surface area contributed by atoms with Crippen molar-refractivity contribution in [3.05, 3.63) is 23.3 Å². The van der Waals surface area contributed by atoms with Crippen molar-refractivity contribution in [2.24, 2.45) is 0 Å². The summed E-state index contributed by atoms with van der Waals surface area (Å²) in [6.07, 6.45) is 0. The third kappa shape index (κ3) is 3.61. The molecule has 108 valence electrons. The van der Waals surface area contributed by atoms with Gasteiger partial charge < -0.3 is 19.9 Å². The average Bonchev–Trinajstić information content (AvgIpc) is 2.38. The Morgan fingerprint density at radius 1 is 1.21 bits per heavy atom. The number of benzene rings is 1. The van der Waals surface area contributed by atoms with Gasteiger partial charge >= 0.3 is 0 Å². The number of hydrogen-bond donors (Lipinski definition) is 2. The van der Waals surface area contributed by atoms with Crippen LogP contribution in [0.3, 0.4) is 0 Å². The molecule has 0 atom stereocenters. The molecule has 0 aromatic heterocycles. The van der Waals surface area contributed by atoms with Crippen LogP contribution in [-0.2, 0) is 5.41 Å². The molecular formula is C15H25NO3. The van der Waals surface area contributed by atoms with Gasteiger partial charge in [0.25, 0.3) is 0 Å². The van der Waals surface area contributed by atoms with Crippen molar-refractivity contribution < 1.29 is 14.6 Å². The van der Waals surface area contributed by atoms with Gasteiger partial charge in [-0.25, -0.2) is 0 Å². The van der Waals surface area contributed by atoms with E-state index in [-0.39, 0.29) is 12.0 Å². The third-order valence-electron chi connectivity index (χ3n) is 3.36. The Morgan fingerprint density at radius 3 is 2.42 bits per heavy atom. The highest BCUT2D eigenvalue weighted by Crippen LogP contribution is 2.37. The smallest absolute Gasteiger partial charge is 0.129 e. The molecule has 0 aliphatic heterocycles. The lowest BCUT2D eigenvalue weighted by atomic mass is 9.82. The molecule has 2 N–H and O–H groups in total. The molecule has 4 heteroatoms. The Morgan fingerprint density at radius 2 is 1.89 bits per heavy atom. The molecule has 0 unspecified atom stereocenters. The van der Waals surface area contributed by atoms with Gasteiger partial charge in [0.05, 0.1) is 20.8 Å². The highest BCUT2D eigenvalue weighted by Gasteiger charge is 2.26. The van der Waals surface area contributed by atoms with E-state index in [1.165, 1.54) is 0 Å². The van der Waals surface area contributed by atoms with Crippen molar-refractivity contribution in [2.45, 2.75) is 26.2 Å². The van der Waals surface area contributed by atoms with E-state index in [0.29, 0.717) is 6.54 Å². The van der Waals surface area contributed by atoms with E-state index >= 15 is 0 Å². The number of ether oxygens (including phenoxy) is 2. The van der Waals surface area contributed by atoms with Crippen LogP contribution in [0.4, 0.5) is 0 Å². The first-order valence-corrected chi connectivity index (χ1v) is 6.51. The van der Waals surface area contributed by atoms with Crippen LogP contribution in [0.1, 0.15) is 25.0 Å². The topological polar surface area (TPSA) is 50.7 Å². The quantitative estimate of drug-likeness (QED) is 0.741. The van der Waals surface area contributed by atoms with Gasteiger partial charge in [0.2, 0.25) is 0 Å². The van der Waals surface area contributed by atoms with Crippen LogP contribution in [0, 0.1) is 6.92 Å². The van der Waals surface area contributed by atoms with Crippen LogP contribution in [0.5, 0.6) is 11.5 Å². The zero-order chi connectivity index (χ0) is 14.5. The van der Waals surface area contributed by atoms with Crippen LogP contribution < -0.4 is 14.8 Å². The number of rotatable bonds is 7. The minimum absolute atomic E-state index is 0.0858. The Bertz CT molecular complexity index is 416. The van der Waals surface area contributed by atoms with Crippen molar-refractivity contribution in [2.75, 3.05) is 33.9 Å². The van der Waals surface area contributed by atoms with E-state index in [1.807, 2.05) is 19.1 Å². The Labute approximate surface area is 115 Å². The first-order valence-electron chi connectivity index (χ1n) is 6.51. The van der Waals surface area contributed by atoms with Gasteiger partial charge in [-0.2, -0.15) is 0 Å². The molecule has 0 fully saturated rings. The maximum absolute atomic E-state index is 8.84. The lowest BCUT2D eigenvalue weighted by molar-refractivity contribution is 0.285. The molecule has 19 heavy (non-hydrogen) atoms. The number of nitrogens with one attached hydrogen (secondary N) is 1. The molecule has 0 heterocycles. The molecule has 1 aromatic rings.